The van der Waals surface area contributed by atoms with E-state index >= 15 is 0 Å². The van der Waals surface area contributed by atoms with E-state index in [1.54, 1.807) is 37.4 Å². The van der Waals surface area contributed by atoms with Gasteiger partial charge in [0.05, 0.1) is 25.2 Å². The number of fused-ring (bicyclic) bond motifs is 1. The van der Waals surface area contributed by atoms with E-state index in [2.05, 4.69) is 19.9 Å². The minimum absolute atomic E-state index is 0.00129. The third kappa shape index (κ3) is 5.54. The lowest BCUT2D eigenvalue weighted by molar-refractivity contribution is 0.0733. The van der Waals surface area contributed by atoms with Crippen LogP contribution in [0.1, 0.15) is 53.2 Å². The summed E-state index contributed by atoms with van der Waals surface area (Å²) in [6, 6.07) is 20.1. The first kappa shape index (κ1) is 25.6. The quantitative estimate of drug-likeness (QED) is 0.306. The maximum atomic E-state index is 12.7. The van der Waals surface area contributed by atoms with Crippen LogP contribution in [0.2, 0.25) is 0 Å². The van der Waals surface area contributed by atoms with Crippen molar-refractivity contribution in [1.29, 1.82) is 5.26 Å². The van der Waals surface area contributed by atoms with E-state index in [0.29, 0.717) is 41.1 Å². The fourth-order valence-electron chi connectivity index (χ4n) is 4.19. The predicted molar refractivity (Wildman–Crippen MR) is 140 cm³/mol. The number of carbonyl (C=O) groups is 1. The number of hydrogen-bond acceptors (Lipinski definition) is 7. The Morgan fingerprint density at radius 1 is 1.11 bits per heavy atom. The van der Waals surface area contributed by atoms with E-state index in [9.17, 15) is 10.1 Å². The molecule has 0 bridgehead atoms. The first-order valence-corrected chi connectivity index (χ1v) is 12.1. The maximum absolute atomic E-state index is 12.7. The van der Waals surface area contributed by atoms with Gasteiger partial charge in [-0.05, 0) is 54.7 Å². The average Bonchev–Trinajstić information content (AvgIpc) is 2.88. The Bertz CT molecular complexity index is 1390. The van der Waals surface area contributed by atoms with Gasteiger partial charge in [0.2, 0.25) is 5.88 Å². The van der Waals surface area contributed by atoms with Crippen LogP contribution in [0.4, 0.5) is 0 Å². The molecule has 7 heteroatoms. The van der Waals surface area contributed by atoms with Crippen LogP contribution in [0, 0.1) is 24.2 Å². The van der Waals surface area contributed by atoms with Crippen LogP contribution in [0.15, 0.2) is 72.1 Å². The van der Waals surface area contributed by atoms with Gasteiger partial charge in [-0.15, -0.1) is 0 Å². The van der Waals surface area contributed by atoms with Crippen molar-refractivity contribution in [3.05, 3.63) is 94.4 Å². The summed E-state index contributed by atoms with van der Waals surface area (Å²) in [6.45, 7) is 6.71. The molecule has 1 aliphatic rings. The van der Waals surface area contributed by atoms with E-state index in [4.69, 9.17) is 24.7 Å². The molecule has 1 atom stereocenters. The summed E-state index contributed by atoms with van der Waals surface area (Å²) in [7, 11) is 1.58. The normalized spacial score (nSPS) is 14.4. The van der Waals surface area contributed by atoms with E-state index in [-0.39, 0.29) is 11.5 Å². The summed E-state index contributed by atoms with van der Waals surface area (Å²) in [5.41, 5.74) is 9.26. The first-order valence-electron chi connectivity index (χ1n) is 12.1. The van der Waals surface area contributed by atoms with E-state index in [1.165, 1.54) is 0 Å². The monoisotopic (exact) mass is 498 g/mol. The highest BCUT2D eigenvalue weighted by molar-refractivity contribution is 5.92. The predicted octanol–water partition coefficient (Wildman–Crippen LogP) is 5.87. The van der Waals surface area contributed by atoms with Gasteiger partial charge < -0.3 is 24.7 Å². The highest BCUT2D eigenvalue weighted by Crippen LogP contribution is 2.45. The Hall–Kier alpha value is -4.44. The zero-order valence-corrected chi connectivity index (χ0v) is 21.4. The Morgan fingerprint density at radius 3 is 2.59 bits per heavy atom. The Kier molecular flexibility index (Phi) is 7.69. The molecule has 1 unspecified atom stereocenters. The van der Waals surface area contributed by atoms with Crippen molar-refractivity contribution < 1.29 is 23.7 Å². The Labute approximate surface area is 217 Å². The van der Waals surface area contributed by atoms with Crippen molar-refractivity contribution in [1.82, 2.24) is 0 Å². The van der Waals surface area contributed by atoms with Crippen molar-refractivity contribution in [2.75, 3.05) is 13.7 Å². The van der Waals surface area contributed by atoms with Crippen LogP contribution in [-0.4, -0.2) is 19.7 Å². The number of hydrogen-bond donors (Lipinski definition) is 1. The van der Waals surface area contributed by atoms with Crippen molar-refractivity contribution in [2.45, 2.75) is 33.1 Å². The molecule has 7 nitrogen and oxygen atoms in total. The lowest BCUT2D eigenvalue weighted by atomic mass is 9.83. The lowest BCUT2D eigenvalue weighted by Crippen LogP contribution is -2.21. The standard InChI is InChI=1S/C30H30N2O5/c1-18(2)13-14-35-25-12-9-20(15-27(25)34-4)28-23-11-10-21(16-26(23)37-29(32)24(28)17-31)36-30(33)22-8-6-5-7-19(22)3/h5-12,15-16,18,28H,13-14,32H2,1-4H3. The molecule has 3 aromatic rings. The van der Waals surface area contributed by atoms with Gasteiger partial charge in [0, 0.05) is 11.6 Å². The summed E-state index contributed by atoms with van der Waals surface area (Å²) in [4.78, 5) is 12.7. The van der Waals surface area contributed by atoms with Crippen molar-refractivity contribution in [3.63, 3.8) is 0 Å². The fourth-order valence-corrected chi connectivity index (χ4v) is 4.19. The first-order chi connectivity index (χ1) is 17.8. The number of rotatable bonds is 8. The molecule has 1 heterocycles. The second kappa shape index (κ2) is 11.1. The second-order valence-corrected chi connectivity index (χ2v) is 9.27. The largest absolute Gasteiger partial charge is 0.493 e. The third-order valence-electron chi connectivity index (χ3n) is 6.24. The number of methoxy groups -OCH3 is 1. The summed E-state index contributed by atoms with van der Waals surface area (Å²) in [6.07, 6.45) is 0.923. The van der Waals surface area contributed by atoms with E-state index in [1.807, 2.05) is 37.3 Å². The van der Waals surface area contributed by atoms with Gasteiger partial charge in [0.25, 0.3) is 0 Å². The molecular weight excluding hydrogens is 468 g/mol. The third-order valence-corrected chi connectivity index (χ3v) is 6.24. The molecule has 0 aliphatic carbocycles. The fraction of sp³-hybridized carbons (Fsp3) is 0.267. The van der Waals surface area contributed by atoms with Crippen LogP contribution in [0.25, 0.3) is 0 Å². The second-order valence-electron chi connectivity index (χ2n) is 9.27. The number of nitrogens with two attached hydrogens (primary N) is 1. The smallest absolute Gasteiger partial charge is 0.343 e. The molecule has 0 saturated carbocycles. The van der Waals surface area contributed by atoms with E-state index < -0.39 is 11.9 Å². The maximum Gasteiger partial charge on any atom is 0.343 e. The molecule has 0 radical (unpaired) electrons. The van der Waals surface area contributed by atoms with Gasteiger partial charge in [0.1, 0.15) is 23.1 Å². The zero-order valence-electron chi connectivity index (χ0n) is 21.4. The van der Waals surface area contributed by atoms with Gasteiger partial charge in [-0.25, -0.2) is 4.79 Å². The molecule has 0 aromatic heterocycles. The van der Waals surface area contributed by atoms with Crippen molar-refractivity contribution in [2.24, 2.45) is 11.7 Å². The van der Waals surface area contributed by atoms with Gasteiger partial charge in [-0.2, -0.15) is 5.26 Å². The SMILES string of the molecule is COc1cc(C2C(C#N)=C(N)Oc3cc(OC(=O)c4ccccc4C)ccc32)ccc1OCCC(C)C. The molecular formula is C30H30N2O5. The summed E-state index contributed by atoms with van der Waals surface area (Å²) < 4.78 is 22.9. The minimum Gasteiger partial charge on any atom is -0.493 e. The Balaban J connectivity index is 1.66. The van der Waals surface area contributed by atoms with Crippen LogP contribution in [0.3, 0.4) is 0 Å². The molecule has 4 rings (SSSR count). The molecule has 190 valence electrons. The number of benzene rings is 3. The van der Waals surface area contributed by atoms with Crippen molar-refractivity contribution >= 4 is 5.97 Å². The number of allylic oxidation sites excluding steroid dienone is 1. The molecule has 0 amide bonds. The topological polar surface area (TPSA) is 104 Å². The highest BCUT2D eigenvalue weighted by Gasteiger charge is 2.32. The Morgan fingerprint density at radius 2 is 1.89 bits per heavy atom. The van der Waals surface area contributed by atoms with Crippen molar-refractivity contribution in [3.8, 4) is 29.1 Å². The molecule has 1 aliphatic heterocycles. The number of aryl methyl sites for hydroxylation is 1. The minimum atomic E-state index is -0.492. The molecule has 37 heavy (non-hydrogen) atoms. The van der Waals surface area contributed by atoms with E-state index in [0.717, 1.165) is 23.1 Å². The van der Waals surface area contributed by atoms with Gasteiger partial charge in [0.15, 0.2) is 11.5 Å². The van der Waals surface area contributed by atoms with Gasteiger partial charge in [-0.1, -0.05) is 44.2 Å². The van der Waals surface area contributed by atoms with Crippen LogP contribution in [-0.2, 0) is 0 Å². The van der Waals surface area contributed by atoms with Crippen LogP contribution < -0.4 is 24.7 Å². The van der Waals surface area contributed by atoms with Gasteiger partial charge in [-0.3, -0.25) is 0 Å². The van der Waals surface area contributed by atoms with Crippen LogP contribution in [0.5, 0.6) is 23.0 Å². The number of nitriles is 1. The number of carbonyl (C=O) groups excluding carboxylic acids is 1. The number of ether oxygens (including phenoxy) is 4. The highest BCUT2D eigenvalue weighted by atomic mass is 16.5. The molecule has 0 spiro atoms. The molecule has 2 N–H and O–H groups in total. The number of nitrogens with zero attached hydrogens (tertiary/aromatic N) is 1. The zero-order chi connectivity index (χ0) is 26.5. The molecule has 3 aromatic carbocycles. The summed E-state index contributed by atoms with van der Waals surface area (Å²) >= 11 is 0. The summed E-state index contributed by atoms with van der Waals surface area (Å²) in [5.74, 6) is 1.48. The lowest BCUT2D eigenvalue weighted by Gasteiger charge is -2.27. The number of esters is 1. The average molecular weight is 499 g/mol. The molecule has 0 saturated heterocycles. The van der Waals surface area contributed by atoms with Gasteiger partial charge >= 0.3 is 5.97 Å². The van der Waals surface area contributed by atoms with Crippen LogP contribution >= 0.6 is 0 Å². The molecule has 0 fully saturated rings. The summed E-state index contributed by atoms with van der Waals surface area (Å²) in [5, 5.41) is 9.90.